The van der Waals surface area contributed by atoms with E-state index < -0.39 is 23.2 Å². The summed E-state index contributed by atoms with van der Waals surface area (Å²) in [4.78, 5) is 29.4. The number of rotatable bonds is 4. The van der Waals surface area contributed by atoms with Crippen LogP contribution in [0.25, 0.3) is 0 Å². The molecule has 6 heteroatoms. The van der Waals surface area contributed by atoms with Crippen LogP contribution in [-0.4, -0.2) is 27.0 Å². The molecule has 1 aliphatic rings. The summed E-state index contributed by atoms with van der Waals surface area (Å²) < 4.78 is 0. The Morgan fingerprint density at radius 3 is 2.71 bits per heavy atom. The van der Waals surface area contributed by atoms with Crippen LogP contribution in [0.15, 0.2) is 12.5 Å². The summed E-state index contributed by atoms with van der Waals surface area (Å²) >= 11 is 0. The number of amides is 1. The Morgan fingerprint density at radius 2 is 2.24 bits per heavy atom. The Labute approximate surface area is 98.4 Å². The number of H-pyrrole nitrogens is 1. The van der Waals surface area contributed by atoms with Crippen LogP contribution in [0, 0.1) is 17.3 Å². The fourth-order valence-electron chi connectivity index (χ4n) is 2.26. The third-order valence-electron chi connectivity index (χ3n) is 3.38. The fraction of sp³-hybridized carbons (Fsp3) is 0.545. The van der Waals surface area contributed by atoms with Crippen molar-refractivity contribution in [3.8, 4) is 0 Å². The van der Waals surface area contributed by atoms with E-state index in [2.05, 4.69) is 15.3 Å². The van der Waals surface area contributed by atoms with Gasteiger partial charge in [0.25, 0.3) is 0 Å². The van der Waals surface area contributed by atoms with Crippen LogP contribution in [0.5, 0.6) is 0 Å². The van der Waals surface area contributed by atoms with Crippen LogP contribution in [0.3, 0.4) is 0 Å². The Hall–Kier alpha value is -1.85. The molecule has 0 radical (unpaired) electrons. The zero-order valence-corrected chi connectivity index (χ0v) is 9.73. The zero-order valence-electron chi connectivity index (χ0n) is 9.73. The van der Waals surface area contributed by atoms with Gasteiger partial charge in [0.05, 0.1) is 30.4 Å². The van der Waals surface area contributed by atoms with Gasteiger partial charge in [0.15, 0.2) is 0 Å². The van der Waals surface area contributed by atoms with Gasteiger partial charge in [0.1, 0.15) is 0 Å². The average Bonchev–Trinajstić information content (AvgIpc) is 2.65. The standard InChI is InChI=1S/C11H15N3O3/c1-11(2)7(8(11)10(16)17)9(15)13-4-6-3-12-5-14-6/h3,5,7-8H,4H2,1-2H3,(H,12,14)(H,13,15)(H,16,17)/t7-,8+/m1/s1. The number of aromatic amines is 1. The van der Waals surface area contributed by atoms with Crippen LogP contribution in [-0.2, 0) is 16.1 Å². The first-order valence-electron chi connectivity index (χ1n) is 5.42. The SMILES string of the molecule is CC1(C)[C@H](C(=O)O)[C@@H]1C(=O)NCc1cnc[nH]1. The van der Waals surface area contributed by atoms with Gasteiger partial charge in [0.2, 0.25) is 5.91 Å². The van der Waals surface area contributed by atoms with Crippen molar-refractivity contribution in [3.05, 3.63) is 18.2 Å². The third-order valence-corrected chi connectivity index (χ3v) is 3.38. The maximum atomic E-state index is 11.8. The number of carbonyl (C=O) groups is 2. The Bertz CT molecular complexity index is 439. The average molecular weight is 237 g/mol. The summed E-state index contributed by atoms with van der Waals surface area (Å²) in [5.41, 5.74) is 0.341. The molecule has 3 N–H and O–H groups in total. The van der Waals surface area contributed by atoms with Gasteiger partial charge in [0, 0.05) is 6.20 Å². The van der Waals surface area contributed by atoms with E-state index in [1.165, 1.54) is 6.33 Å². The molecule has 1 fully saturated rings. The van der Waals surface area contributed by atoms with E-state index in [0.717, 1.165) is 5.69 Å². The summed E-state index contributed by atoms with van der Waals surface area (Å²) in [6.45, 7) is 3.94. The lowest BCUT2D eigenvalue weighted by Gasteiger charge is -2.04. The lowest BCUT2D eigenvalue weighted by molar-refractivity contribution is -0.140. The highest BCUT2D eigenvalue weighted by Crippen LogP contribution is 2.58. The zero-order chi connectivity index (χ0) is 12.6. The molecule has 1 amide bonds. The van der Waals surface area contributed by atoms with Crippen molar-refractivity contribution in [1.82, 2.24) is 15.3 Å². The molecular formula is C11H15N3O3. The fourth-order valence-corrected chi connectivity index (χ4v) is 2.26. The highest BCUT2D eigenvalue weighted by atomic mass is 16.4. The predicted molar refractivity (Wildman–Crippen MR) is 58.8 cm³/mol. The minimum Gasteiger partial charge on any atom is -0.481 e. The van der Waals surface area contributed by atoms with Crippen molar-refractivity contribution in [2.75, 3.05) is 0 Å². The lowest BCUT2D eigenvalue weighted by Crippen LogP contribution is -2.26. The van der Waals surface area contributed by atoms with E-state index in [1.54, 1.807) is 20.0 Å². The number of nitrogens with one attached hydrogen (secondary N) is 2. The lowest BCUT2D eigenvalue weighted by atomic mass is 10.1. The number of nitrogens with zero attached hydrogens (tertiary/aromatic N) is 1. The second-order valence-corrected chi connectivity index (χ2v) is 4.91. The number of hydrogen-bond acceptors (Lipinski definition) is 3. The van der Waals surface area contributed by atoms with Gasteiger partial charge in [-0.15, -0.1) is 0 Å². The first kappa shape index (κ1) is 11.6. The Balaban J connectivity index is 1.92. The van der Waals surface area contributed by atoms with Gasteiger partial charge in [-0.05, 0) is 5.41 Å². The largest absolute Gasteiger partial charge is 0.481 e. The van der Waals surface area contributed by atoms with Gasteiger partial charge >= 0.3 is 5.97 Å². The minimum absolute atomic E-state index is 0.211. The molecule has 6 nitrogen and oxygen atoms in total. The molecule has 1 heterocycles. The molecule has 0 spiro atoms. The van der Waals surface area contributed by atoms with Crippen molar-refractivity contribution in [3.63, 3.8) is 0 Å². The highest BCUT2D eigenvalue weighted by molar-refractivity contribution is 5.91. The van der Waals surface area contributed by atoms with Gasteiger partial charge < -0.3 is 15.4 Å². The van der Waals surface area contributed by atoms with E-state index in [9.17, 15) is 9.59 Å². The van der Waals surface area contributed by atoms with Gasteiger partial charge in [-0.2, -0.15) is 0 Å². The van der Waals surface area contributed by atoms with Gasteiger partial charge in [-0.3, -0.25) is 9.59 Å². The van der Waals surface area contributed by atoms with Crippen LogP contribution in [0.1, 0.15) is 19.5 Å². The molecule has 0 aliphatic heterocycles. The number of hydrogen-bond donors (Lipinski definition) is 3. The number of carbonyl (C=O) groups excluding carboxylic acids is 1. The molecule has 92 valence electrons. The molecule has 0 unspecified atom stereocenters. The second-order valence-electron chi connectivity index (χ2n) is 4.91. The van der Waals surface area contributed by atoms with E-state index in [1.807, 2.05) is 0 Å². The molecule has 0 saturated heterocycles. The summed E-state index contributed by atoms with van der Waals surface area (Å²) in [6, 6.07) is 0. The van der Waals surface area contributed by atoms with Crippen LogP contribution in [0.2, 0.25) is 0 Å². The second kappa shape index (κ2) is 3.87. The molecule has 2 atom stereocenters. The number of imidazole rings is 1. The minimum atomic E-state index is -0.906. The van der Waals surface area contributed by atoms with Crippen molar-refractivity contribution in [2.24, 2.45) is 17.3 Å². The van der Waals surface area contributed by atoms with Crippen molar-refractivity contribution >= 4 is 11.9 Å². The monoisotopic (exact) mass is 237 g/mol. The summed E-state index contributed by atoms with van der Waals surface area (Å²) in [5.74, 6) is -2.14. The normalized spacial score (nSPS) is 25.3. The van der Waals surface area contributed by atoms with Crippen molar-refractivity contribution < 1.29 is 14.7 Å². The van der Waals surface area contributed by atoms with Crippen molar-refractivity contribution in [2.45, 2.75) is 20.4 Å². The summed E-state index contributed by atoms with van der Waals surface area (Å²) in [6.07, 6.45) is 3.15. The van der Waals surface area contributed by atoms with Gasteiger partial charge in [-0.25, -0.2) is 4.98 Å². The van der Waals surface area contributed by atoms with Gasteiger partial charge in [-0.1, -0.05) is 13.8 Å². The molecule has 1 aliphatic carbocycles. The first-order chi connectivity index (χ1) is 7.94. The maximum absolute atomic E-state index is 11.8. The Morgan fingerprint density at radius 1 is 1.53 bits per heavy atom. The molecule has 2 rings (SSSR count). The topological polar surface area (TPSA) is 95.1 Å². The van der Waals surface area contributed by atoms with E-state index >= 15 is 0 Å². The number of aliphatic carboxylic acids is 1. The summed E-state index contributed by atoms with van der Waals surface area (Å²) in [7, 11) is 0. The number of carboxylic acids is 1. The van der Waals surface area contributed by atoms with Crippen LogP contribution < -0.4 is 5.32 Å². The maximum Gasteiger partial charge on any atom is 0.307 e. The van der Waals surface area contributed by atoms with Crippen LogP contribution >= 0.6 is 0 Å². The molecule has 0 aromatic carbocycles. The molecular weight excluding hydrogens is 222 g/mol. The Kier molecular flexibility index (Phi) is 2.65. The van der Waals surface area contributed by atoms with Crippen LogP contribution in [0.4, 0.5) is 0 Å². The third kappa shape index (κ3) is 2.02. The molecule has 17 heavy (non-hydrogen) atoms. The molecule has 1 aromatic heterocycles. The number of aromatic nitrogens is 2. The smallest absolute Gasteiger partial charge is 0.307 e. The predicted octanol–water partition coefficient (Wildman–Crippen LogP) is 0.383. The quantitative estimate of drug-likeness (QED) is 0.705. The molecule has 0 bridgehead atoms. The molecule has 1 saturated carbocycles. The van der Waals surface area contributed by atoms with Crippen molar-refractivity contribution in [1.29, 1.82) is 0 Å². The first-order valence-corrected chi connectivity index (χ1v) is 5.42. The molecule has 1 aromatic rings. The van der Waals surface area contributed by atoms with E-state index in [-0.39, 0.29) is 5.91 Å². The van der Waals surface area contributed by atoms with E-state index in [4.69, 9.17) is 5.11 Å². The van der Waals surface area contributed by atoms with E-state index in [0.29, 0.717) is 6.54 Å². The highest BCUT2D eigenvalue weighted by Gasteiger charge is 2.65. The summed E-state index contributed by atoms with van der Waals surface area (Å²) in [5, 5.41) is 11.7. The number of carboxylic acid groups (broad SMARTS) is 1.